The molecule has 32 heavy (non-hydrogen) atoms. The number of likely N-dealkylation sites (N-methyl/N-ethyl adjacent to an activating group) is 1. The molecule has 7 nitrogen and oxygen atoms in total. The number of hydrogen-bond donors (Lipinski definition) is 2. The molecule has 2 aromatic carbocycles. The number of para-hydroxylation sites is 1. The third-order valence-electron chi connectivity index (χ3n) is 5.11. The SMILES string of the molecule is CN=C(NCc1cccc(NC(=O)CN(C)C)c1)N1CCN(c2ccccc2Cl)CC1.I. The van der Waals surface area contributed by atoms with Crippen LogP contribution in [0.15, 0.2) is 53.5 Å². The van der Waals surface area contributed by atoms with Gasteiger partial charge in [0.2, 0.25) is 5.91 Å². The zero-order valence-electron chi connectivity index (χ0n) is 18.8. The molecule has 1 saturated heterocycles. The summed E-state index contributed by atoms with van der Waals surface area (Å²) < 4.78 is 0. The summed E-state index contributed by atoms with van der Waals surface area (Å²) in [6.07, 6.45) is 0. The van der Waals surface area contributed by atoms with Crippen molar-refractivity contribution in [3.05, 3.63) is 59.1 Å². The number of guanidine groups is 1. The lowest BCUT2D eigenvalue weighted by Gasteiger charge is -2.38. The molecule has 1 amide bonds. The van der Waals surface area contributed by atoms with Gasteiger partial charge in [-0.05, 0) is 43.9 Å². The van der Waals surface area contributed by atoms with E-state index in [0.29, 0.717) is 13.1 Å². The zero-order valence-corrected chi connectivity index (χ0v) is 21.9. The van der Waals surface area contributed by atoms with Gasteiger partial charge >= 0.3 is 0 Å². The molecular weight excluding hydrogens is 539 g/mol. The molecule has 0 unspecified atom stereocenters. The van der Waals surface area contributed by atoms with Crippen molar-refractivity contribution < 1.29 is 4.79 Å². The van der Waals surface area contributed by atoms with Crippen LogP contribution in [-0.2, 0) is 11.3 Å². The minimum atomic E-state index is -0.0256. The number of nitrogens with zero attached hydrogens (tertiary/aromatic N) is 4. The van der Waals surface area contributed by atoms with E-state index in [-0.39, 0.29) is 29.9 Å². The number of hydrogen-bond acceptors (Lipinski definition) is 4. The van der Waals surface area contributed by atoms with Crippen LogP contribution in [-0.4, -0.2) is 75.5 Å². The number of amides is 1. The Hall–Kier alpha value is -2.04. The summed E-state index contributed by atoms with van der Waals surface area (Å²) in [7, 11) is 5.56. The van der Waals surface area contributed by atoms with E-state index in [0.717, 1.165) is 54.1 Å². The number of aliphatic imine (C=N–C) groups is 1. The summed E-state index contributed by atoms with van der Waals surface area (Å²) in [6.45, 7) is 4.50. The maximum absolute atomic E-state index is 12.0. The first-order chi connectivity index (χ1) is 15.0. The molecule has 2 N–H and O–H groups in total. The lowest BCUT2D eigenvalue weighted by molar-refractivity contribution is -0.116. The Kier molecular flexibility index (Phi) is 10.5. The molecule has 1 heterocycles. The average molecular weight is 571 g/mol. The Morgan fingerprint density at radius 2 is 1.81 bits per heavy atom. The summed E-state index contributed by atoms with van der Waals surface area (Å²) in [5.41, 5.74) is 2.97. The molecule has 2 aromatic rings. The van der Waals surface area contributed by atoms with Gasteiger partial charge in [-0.2, -0.15) is 0 Å². The Morgan fingerprint density at radius 1 is 1.09 bits per heavy atom. The molecule has 174 valence electrons. The van der Waals surface area contributed by atoms with E-state index < -0.39 is 0 Å². The molecule has 0 spiro atoms. The minimum Gasteiger partial charge on any atom is -0.367 e. The molecule has 1 aliphatic rings. The van der Waals surface area contributed by atoms with E-state index in [1.807, 2.05) is 61.5 Å². The Morgan fingerprint density at radius 3 is 2.47 bits per heavy atom. The summed E-state index contributed by atoms with van der Waals surface area (Å²) in [6, 6.07) is 15.9. The van der Waals surface area contributed by atoms with E-state index in [9.17, 15) is 4.79 Å². The normalized spacial score (nSPS) is 14.2. The van der Waals surface area contributed by atoms with Crippen molar-refractivity contribution in [1.82, 2.24) is 15.1 Å². The number of anilines is 2. The molecule has 0 bridgehead atoms. The minimum absolute atomic E-state index is 0. The van der Waals surface area contributed by atoms with Crippen molar-refractivity contribution in [3.63, 3.8) is 0 Å². The second kappa shape index (κ2) is 12.9. The van der Waals surface area contributed by atoms with Crippen LogP contribution >= 0.6 is 35.6 Å². The number of benzene rings is 2. The predicted molar refractivity (Wildman–Crippen MR) is 144 cm³/mol. The topological polar surface area (TPSA) is 63.2 Å². The second-order valence-electron chi connectivity index (χ2n) is 7.81. The third kappa shape index (κ3) is 7.53. The van der Waals surface area contributed by atoms with Gasteiger partial charge in [0.05, 0.1) is 17.3 Å². The van der Waals surface area contributed by atoms with Crippen LogP contribution in [0.2, 0.25) is 5.02 Å². The van der Waals surface area contributed by atoms with Crippen molar-refractivity contribution >= 4 is 58.8 Å². The largest absolute Gasteiger partial charge is 0.367 e. The lowest BCUT2D eigenvalue weighted by atomic mass is 10.2. The number of halogens is 2. The van der Waals surface area contributed by atoms with Gasteiger partial charge in [-0.1, -0.05) is 35.9 Å². The molecule has 0 atom stereocenters. The fourth-order valence-corrected chi connectivity index (χ4v) is 3.88. The van der Waals surface area contributed by atoms with E-state index >= 15 is 0 Å². The molecule has 0 aliphatic carbocycles. The van der Waals surface area contributed by atoms with Crippen molar-refractivity contribution in [2.75, 3.05) is 64.1 Å². The number of carbonyl (C=O) groups excluding carboxylic acids is 1. The van der Waals surface area contributed by atoms with Crippen LogP contribution in [0.25, 0.3) is 0 Å². The van der Waals surface area contributed by atoms with Crippen molar-refractivity contribution in [2.24, 2.45) is 4.99 Å². The Labute approximate surface area is 212 Å². The Balaban J connectivity index is 0.00000363. The van der Waals surface area contributed by atoms with Crippen LogP contribution in [0.5, 0.6) is 0 Å². The number of nitrogens with one attached hydrogen (secondary N) is 2. The van der Waals surface area contributed by atoms with Gasteiger partial charge < -0.3 is 25.3 Å². The standard InChI is InChI=1S/C23H31ClN6O.HI/c1-25-23(30-13-11-29(12-14-30)21-10-5-4-9-20(21)24)26-16-18-7-6-8-19(15-18)27-22(31)17-28(2)3;/h4-10,15H,11-14,16-17H2,1-3H3,(H,25,26)(H,27,31);1H. The van der Waals surface area contributed by atoms with Crippen LogP contribution < -0.4 is 15.5 Å². The Bertz CT molecular complexity index is 915. The molecule has 1 aliphatic heterocycles. The molecule has 9 heteroatoms. The first-order valence-corrected chi connectivity index (χ1v) is 10.8. The van der Waals surface area contributed by atoms with Crippen LogP contribution in [0.3, 0.4) is 0 Å². The third-order valence-corrected chi connectivity index (χ3v) is 5.42. The highest BCUT2D eigenvalue weighted by Crippen LogP contribution is 2.26. The zero-order chi connectivity index (χ0) is 22.2. The molecule has 0 aromatic heterocycles. The average Bonchev–Trinajstić information content (AvgIpc) is 2.75. The van der Waals surface area contributed by atoms with Crippen LogP contribution in [0, 0.1) is 0 Å². The van der Waals surface area contributed by atoms with Crippen molar-refractivity contribution in [2.45, 2.75) is 6.54 Å². The van der Waals surface area contributed by atoms with Gasteiger partial charge in [-0.25, -0.2) is 0 Å². The van der Waals surface area contributed by atoms with Crippen molar-refractivity contribution in [1.29, 1.82) is 0 Å². The molecule has 0 saturated carbocycles. The highest BCUT2D eigenvalue weighted by Gasteiger charge is 2.21. The molecular formula is C23H32ClIN6O. The molecule has 3 rings (SSSR count). The fraction of sp³-hybridized carbons (Fsp3) is 0.391. The quantitative estimate of drug-likeness (QED) is 0.317. The maximum Gasteiger partial charge on any atom is 0.238 e. The van der Waals surface area contributed by atoms with Crippen LogP contribution in [0.4, 0.5) is 11.4 Å². The maximum atomic E-state index is 12.0. The van der Waals surface area contributed by atoms with Gasteiger partial charge in [0.25, 0.3) is 0 Å². The fourth-order valence-electron chi connectivity index (χ4n) is 3.63. The number of carbonyl (C=O) groups is 1. The summed E-state index contributed by atoms with van der Waals surface area (Å²) in [5.74, 6) is 0.850. The monoisotopic (exact) mass is 570 g/mol. The highest BCUT2D eigenvalue weighted by molar-refractivity contribution is 14.0. The molecule has 1 fully saturated rings. The van der Waals surface area contributed by atoms with Gasteiger partial charge in [0.1, 0.15) is 0 Å². The summed E-state index contributed by atoms with van der Waals surface area (Å²) >= 11 is 6.35. The molecule has 0 radical (unpaired) electrons. The number of rotatable bonds is 6. The van der Waals surface area contributed by atoms with Crippen molar-refractivity contribution in [3.8, 4) is 0 Å². The summed E-state index contributed by atoms with van der Waals surface area (Å²) in [5, 5.41) is 7.17. The van der Waals surface area contributed by atoms with E-state index in [1.165, 1.54) is 0 Å². The first-order valence-electron chi connectivity index (χ1n) is 10.4. The lowest BCUT2D eigenvalue weighted by Crippen LogP contribution is -2.52. The van der Waals surface area contributed by atoms with Crippen LogP contribution in [0.1, 0.15) is 5.56 Å². The predicted octanol–water partition coefficient (Wildman–Crippen LogP) is 3.36. The van der Waals surface area contributed by atoms with E-state index in [2.05, 4.69) is 31.5 Å². The smallest absolute Gasteiger partial charge is 0.238 e. The first kappa shape index (κ1) is 26.2. The second-order valence-corrected chi connectivity index (χ2v) is 8.22. The van der Waals surface area contributed by atoms with E-state index in [1.54, 1.807) is 7.05 Å². The highest BCUT2D eigenvalue weighted by atomic mass is 127. The number of piperazine rings is 1. The van der Waals surface area contributed by atoms with Gasteiger partial charge in [-0.3, -0.25) is 9.79 Å². The van der Waals surface area contributed by atoms with E-state index in [4.69, 9.17) is 11.6 Å². The van der Waals surface area contributed by atoms with Gasteiger partial charge in [0, 0.05) is 45.5 Å². The van der Waals surface area contributed by atoms with Gasteiger partial charge in [-0.15, -0.1) is 24.0 Å². The summed E-state index contributed by atoms with van der Waals surface area (Å²) in [4.78, 5) is 22.9. The van der Waals surface area contributed by atoms with Gasteiger partial charge in [0.15, 0.2) is 5.96 Å².